The molecular weight excluding hydrogens is 354 g/mol. The smallest absolute Gasteiger partial charge is 0.338 e. The Kier molecular flexibility index (Phi) is 4.99. The molecule has 1 saturated heterocycles. The molecule has 2 aliphatic rings. The van der Waals surface area contributed by atoms with Crippen molar-refractivity contribution in [2.24, 2.45) is 11.8 Å². The predicted molar refractivity (Wildman–Crippen MR) is 105 cm³/mol. The highest BCUT2D eigenvalue weighted by Crippen LogP contribution is 2.45. The highest BCUT2D eigenvalue weighted by Gasteiger charge is 2.50. The number of anilines is 1. The van der Waals surface area contributed by atoms with Crippen LogP contribution >= 0.6 is 0 Å². The van der Waals surface area contributed by atoms with Crippen LogP contribution in [0, 0.1) is 11.8 Å². The van der Waals surface area contributed by atoms with E-state index in [9.17, 15) is 14.4 Å². The molecule has 2 aromatic rings. The van der Waals surface area contributed by atoms with Gasteiger partial charge < -0.3 is 4.74 Å². The summed E-state index contributed by atoms with van der Waals surface area (Å²) in [5.41, 5.74) is 2.02. The van der Waals surface area contributed by atoms with Gasteiger partial charge in [-0.3, -0.25) is 14.5 Å². The molecule has 2 amide bonds. The van der Waals surface area contributed by atoms with Crippen LogP contribution in [0.15, 0.2) is 54.6 Å². The van der Waals surface area contributed by atoms with E-state index in [2.05, 4.69) is 12.1 Å². The van der Waals surface area contributed by atoms with Gasteiger partial charge in [0.05, 0.1) is 29.7 Å². The number of fused-ring (bicyclic) bond motifs is 1. The van der Waals surface area contributed by atoms with E-state index in [-0.39, 0.29) is 30.3 Å². The monoisotopic (exact) mass is 377 g/mol. The van der Waals surface area contributed by atoms with Crippen LogP contribution in [-0.2, 0) is 14.3 Å². The van der Waals surface area contributed by atoms with E-state index >= 15 is 0 Å². The molecule has 3 atom stereocenters. The minimum absolute atomic E-state index is 0.150. The molecule has 2 fully saturated rings. The van der Waals surface area contributed by atoms with Gasteiger partial charge in [-0.25, -0.2) is 4.79 Å². The summed E-state index contributed by atoms with van der Waals surface area (Å²) >= 11 is 0. The second kappa shape index (κ2) is 7.58. The zero-order chi connectivity index (χ0) is 19.7. The Morgan fingerprint density at radius 3 is 2.50 bits per heavy atom. The van der Waals surface area contributed by atoms with Gasteiger partial charge in [0.15, 0.2) is 0 Å². The summed E-state index contributed by atoms with van der Waals surface area (Å²) < 4.78 is 5.03. The zero-order valence-corrected chi connectivity index (χ0v) is 15.8. The maximum atomic E-state index is 13.1. The molecule has 5 nitrogen and oxygen atoms in total. The molecule has 1 aliphatic carbocycles. The summed E-state index contributed by atoms with van der Waals surface area (Å²) in [5.74, 6) is -1.02. The molecule has 0 unspecified atom stereocenters. The van der Waals surface area contributed by atoms with Gasteiger partial charge in [-0.2, -0.15) is 0 Å². The molecule has 0 radical (unpaired) electrons. The normalized spacial score (nSPS) is 24.2. The van der Waals surface area contributed by atoms with E-state index in [0.29, 0.717) is 30.0 Å². The van der Waals surface area contributed by atoms with Crippen LogP contribution in [0.25, 0.3) is 0 Å². The molecule has 28 heavy (non-hydrogen) atoms. The molecule has 1 saturated carbocycles. The average molecular weight is 377 g/mol. The van der Waals surface area contributed by atoms with Crippen LogP contribution in [0.3, 0.4) is 0 Å². The predicted octanol–water partition coefficient (Wildman–Crippen LogP) is 3.94. The fourth-order valence-electron chi connectivity index (χ4n) is 4.45. The van der Waals surface area contributed by atoms with Crippen LogP contribution in [0.1, 0.15) is 48.0 Å². The minimum Gasteiger partial charge on any atom is -0.462 e. The number of benzene rings is 2. The highest BCUT2D eigenvalue weighted by molar-refractivity contribution is 6.22. The maximum absolute atomic E-state index is 13.1. The van der Waals surface area contributed by atoms with Gasteiger partial charge in [0.1, 0.15) is 0 Å². The van der Waals surface area contributed by atoms with Gasteiger partial charge in [-0.1, -0.05) is 36.4 Å². The van der Waals surface area contributed by atoms with Gasteiger partial charge in [0.2, 0.25) is 11.8 Å². The maximum Gasteiger partial charge on any atom is 0.338 e. The lowest BCUT2D eigenvalue weighted by Crippen LogP contribution is -2.31. The largest absolute Gasteiger partial charge is 0.462 e. The van der Waals surface area contributed by atoms with Crippen molar-refractivity contribution in [1.29, 1.82) is 0 Å². The van der Waals surface area contributed by atoms with Crippen LogP contribution in [0.5, 0.6) is 0 Å². The fourth-order valence-corrected chi connectivity index (χ4v) is 4.45. The summed E-state index contributed by atoms with van der Waals surface area (Å²) in [6.45, 7) is 2.01. The number of hydrogen-bond donors (Lipinski definition) is 0. The first kappa shape index (κ1) is 18.4. The first-order valence-corrected chi connectivity index (χ1v) is 9.80. The van der Waals surface area contributed by atoms with E-state index in [1.54, 1.807) is 31.2 Å². The number of carbonyl (C=O) groups is 3. The van der Waals surface area contributed by atoms with E-state index in [0.717, 1.165) is 6.42 Å². The third-order valence-electron chi connectivity index (χ3n) is 5.81. The number of ether oxygens (including phenoxy) is 1. The number of rotatable bonds is 4. The van der Waals surface area contributed by atoms with Gasteiger partial charge in [-0.15, -0.1) is 0 Å². The average Bonchev–Trinajstić information content (AvgIpc) is 2.99. The lowest BCUT2D eigenvalue weighted by atomic mass is 9.73. The topological polar surface area (TPSA) is 63.7 Å². The first-order chi connectivity index (χ1) is 13.6. The molecule has 0 spiro atoms. The molecule has 1 aliphatic heterocycles. The molecule has 0 aromatic heterocycles. The minimum atomic E-state index is -0.454. The van der Waals surface area contributed by atoms with Crippen molar-refractivity contribution in [3.05, 3.63) is 65.7 Å². The second-order valence-electron chi connectivity index (χ2n) is 7.42. The molecule has 1 heterocycles. The number of carbonyl (C=O) groups excluding carboxylic acids is 3. The molecule has 0 N–H and O–H groups in total. The molecule has 4 rings (SSSR count). The quantitative estimate of drug-likeness (QED) is 0.598. The third kappa shape index (κ3) is 3.21. The van der Waals surface area contributed by atoms with Crippen LogP contribution < -0.4 is 4.90 Å². The van der Waals surface area contributed by atoms with Gasteiger partial charge >= 0.3 is 5.97 Å². The van der Waals surface area contributed by atoms with Crippen LogP contribution in [0.4, 0.5) is 5.69 Å². The van der Waals surface area contributed by atoms with Gasteiger partial charge in [0.25, 0.3) is 0 Å². The van der Waals surface area contributed by atoms with Crippen molar-refractivity contribution in [3.8, 4) is 0 Å². The van der Waals surface area contributed by atoms with Gasteiger partial charge in [0, 0.05) is 0 Å². The summed E-state index contributed by atoms with van der Waals surface area (Å²) in [6, 6.07) is 16.8. The second-order valence-corrected chi connectivity index (χ2v) is 7.42. The summed E-state index contributed by atoms with van der Waals surface area (Å²) in [4.78, 5) is 39.4. The molecule has 0 bridgehead atoms. The Hall–Kier alpha value is -2.95. The number of nitrogens with zero attached hydrogens (tertiary/aromatic N) is 1. The van der Waals surface area contributed by atoms with E-state index in [1.807, 2.05) is 18.2 Å². The Bertz CT molecular complexity index is 908. The SMILES string of the molecule is CCOC(=O)c1cccc(N2C(=O)[C@H]3C[C@H](c4ccccc4)CC[C@H]3C2=O)c1. The Labute approximate surface area is 164 Å². The lowest BCUT2D eigenvalue weighted by molar-refractivity contribution is -0.122. The van der Waals surface area contributed by atoms with E-state index < -0.39 is 5.97 Å². The molecule has 144 valence electrons. The Morgan fingerprint density at radius 2 is 1.75 bits per heavy atom. The number of amides is 2. The van der Waals surface area contributed by atoms with E-state index in [1.165, 1.54) is 10.5 Å². The number of imide groups is 1. The zero-order valence-electron chi connectivity index (χ0n) is 15.8. The van der Waals surface area contributed by atoms with E-state index in [4.69, 9.17) is 4.74 Å². The lowest BCUT2D eigenvalue weighted by Gasteiger charge is -2.28. The first-order valence-electron chi connectivity index (χ1n) is 9.80. The summed E-state index contributed by atoms with van der Waals surface area (Å²) in [6.07, 6.45) is 2.30. The number of esters is 1. The number of hydrogen-bond acceptors (Lipinski definition) is 4. The van der Waals surface area contributed by atoms with Crippen molar-refractivity contribution < 1.29 is 19.1 Å². The van der Waals surface area contributed by atoms with Crippen LogP contribution in [-0.4, -0.2) is 24.4 Å². The third-order valence-corrected chi connectivity index (χ3v) is 5.81. The fraction of sp³-hybridized carbons (Fsp3) is 0.348. The Balaban J connectivity index is 1.58. The van der Waals surface area contributed by atoms with Crippen molar-refractivity contribution >= 4 is 23.5 Å². The molecule has 5 heteroatoms. The summed E-state index contributed by atoms with van der Waals surface area (Å²) in [5, 5.41) is 0. The standard InChI is InChI=1S/C23H23NO4/c1-2-28-23(27)17-9-6-10-18(13-17)24-21(25)19-12-11-16(14-20(19)22(24)26)15-7-4-3-5-8-15/h3-10,13,16,19-20H,2,11-12,14H2,1H3/t16-,19-,20+/m1/s1. The Morgan fingerprint density at radius 1 is 1.00 bits per heavy atom. The highest BCUT2D eigenvalue weighted by atomic mass is 16.5. The molecule has 2 aromatic carbocycles. The van der Waals surface area contributed by atoms with Crippen molar-refractivity contribution in [1.82, 2.24) is 0 Å². The van der Waals surface area contributed by atoms with Crippen molar-refractivity contribution in [2.45, 2.75) is 32.1 Å². The summed E-state index contributed by atoms with van der Waals surface area (Å²) in [7, 11) is 0. The van der Waals surface area contributed by atoms with Crippen LogP contribution in [0.2, 0.25) is 0 Å². The van der Waals surface area contributed by atoms with Crippen molar-refractivity contribution in [2.75, 3.05) is 11.5 Å². The van der Waals surface area contributed by atoms with Crippen molar-refractivity contribution in [3.63, 3.8) is 0 Å². The molecular formula is C23H23NO4. The van der Waals surface area contributed by atoms with Gasteiger partial charge in [-0.05, 0) is 55.9 Å².